The predicted octanol–water partition coefficient (Wildman–Crippen LogP) is 2.56. The molecule has 0 amide bonds. The maximum absolute atomic E-state index is 12.5. The molecule has 0 aliphatic heterocycles. The molecule has 2 rings (SSSR count). The molecule has 0 aliphatic carbocycles. The normalized spacial score (nSPS) is 11.8. The number of rotatable bonds is 6. The van der Waals surface area contributed by atoms with Crippen LogP contribution in [0, 0.1) is 13.8 Å². The molecule has 0 fully saturated rings. The average molecular weight is 324 g/mol. The van der Waals surface area contributed by atoms with Gasteiger partial charge in [-0.25, -0.2) is 13.1 Å². The SMILES string of the molecule is CNCc1cc(C)c(C)c(S(=O)(=O)NCc2cccs2)c1. The fourth-order valence-electron chi connectivity index (χ4n) is 2.14. The van der Waals surface area contributed by atoms with Crippen molar-refractivity contribution in [3.63, 3.8) is 0 Å². The Balaban J connectivity index is 2.30. The highest BCUT2D eigenvalue weighted by atomic mass is 32.2. The Bertz CT molecular complexity index is 708. The third kappa shape index (κ3) is 3.91. The van der Waals surface area contributed by atoms with Crippen molar-refractivity contribution in [1.29, 1.82) is 0 Å². The predicted molar refractivity (Wildman–Crippen MR) is 87.0 cm³/mol. The maximum Gasteiger partial charge on any atom is 0.241 e. The third-order valence-corrected chi connectivity index (χ3v) is 5.77. The Labute approximate surface area is 130 Å². The molecule has 6 heteroatoms. The van der Waals surface area contributed by atoms with Crippen molar-refractivity contribution in [3.05, 3.63) is 51.2 Å². The molecule has 0 unspecified atom stereocenters. The Morgan fingerprint density at radius 2 is 1.95 bits per heavy atom. The number of nitrogens with one attached hydrogen (secondary N) is 2. The van der Waals surface area contributed by atoms with Crippen LogP contribution in [0.1, 0.15) is 21.6 Å². The van der Waals surface area contributed by atoms with Gasteiger partial charge >= 0.3 is 0 Å². The first-order valence-electron chi connectivity index (χ1n) is 6.71. The van der Waals surface area contributed by atoms with Gasteiger partial charge < -0.3 is 5.32 Å². The Hall–Kier alpha value is -1.21. The van der Waals surface area contributed by atoms with E-state index in [2.05, 4.69) is 10.0 Å². The highest BCUT2D eigenvalue weighted by Crippen LogP contribution is 2.21. The summed E-state index contributed by atoms with van der Waals surface area (Å²) in [5, 5.41) is 4.99. The van der Waals surface area contributed by atoms with E-state index in [1.54, 1.807) is 17.4 Å². The quantitative estimate of drug-likeness (QED) is 0.858. The second-order valence-electron chi connectivity index (χ2n) is 4.97. The first-order chi connectivity index (χ1) is 9.94. The molecule has 114 valence electrons. The van der Waals surface area contributed by atoms with Crippen LogP contribution in [0.15, 0.2) is 34.5 Å². The zero-order chi connectivity index (χ0) is 15.5. The van der Waals surface area contributed by atoms with Crippen molar-refractivity contribution >= 4 is 21.4 Å². The monoisotopic (exact) mass is 324 g/mol. The van der Waals surface area contributed by atoms with Crippen LogP contribution in [0.25, 0.3) is 0 Å². The topological polar surface area (TPSA) is 58.2 Å². The number of benzene rings is 1. The van der Waals surface area contributed by atoms with Gasteiger partial charge in [-0.2, -0.15) is 0 Å². The van der Waals surface area contributed by atoms with Crippen LogP contribution in [-0.4, -0.2) is 15.5 Å². The molecule has 0 aliphatic rings. The highest BCUT2D eigenvalue weighted by Gasteiger charge is 2.18. The Morgan fingerprint density at radius 1 is 1.19 bits per heavy atom. The molecule has 0 saturated carbocycles. The molecule has 0 spiro atoms. The molecule has 21 heavy (non-hydrogen) atoms. The van der Waals surface area contributed by atoms with Gasteiger partial charge in [0.2, 0.25) is 10.0 Å². The molecule has 1 heterocycles. The zero-order valence-electron chi connectivity index (χ0n) is 12.4. The van der Waals surface area contributed by atoms with Crippen LogP contribution in [0.3, 0.4) is 0 Å². The molecular weight excluding hydrogens is 304 g/mol. The van der Waals surface area contributed by atoms with E-state index in [0.29, 0.717) is 18.0 Å². The number of sulfonamides is 1. The van der Waals surface area contributed by atoms with Crippen molar-refractivity contribution in [2.24, 2.45) is 0 Å². The summed E-state index contributed by atoms with van der Waals surface area (Å²) < 4.78 is 27.7. The van der Waals surface area contributed by atoms with Crippen molar-refractivity contribution in [3.8, 4) is 0 Å². The van der Waals surface area contributed by atoms with E-state index in [4.69, 9.17) is 0 Å². The lowest BCUT2D eigenvalue weighted by molar-refractivity contribution is 0.580. The zero-order valence-corrected chi connectivity index (χ0v) is 14.1. The summed E-state index contributed by atoms with van der Waals surface area (Å²) in [6, 6.07) is 7.60. The van der Waals surface area contributed by atoms with E-state index in [9.17, 15) is 8.42 Å². The molecule has 0 radical (unpaired) electrons. The van der Waals surface area contributed by atoms with Crippen LogP contribution >= 0.6 is 11.3 Å². The summed E-state index contributed by atoms with van der Waals surface area (Å²) in [7, 11) is -1.66. The second-order valence-corrected chi connectivity index (χ2v) is 7.74. The van der Waals surface area contributed by atoms with E-state index in [1.807, 2.05) is 44.5 Å². The van der Waals surface area contributed by atoms with E-state index < -0.39 is 10.0 Å². The second kappa shape index (κ2) is 6.70. The minimum Gasteiger partial charge on any atom is -0.316 e. The Kier molecular flexibility index (Phi) is 5.16. The molecule has 2 N–H and O–H groups in total. The molecule has 0 saturated heterocycles. The van der Waals surface area contributed by atoms with E-state index in [0.717, 1.165) is 21.6 Å². The van der Waals surface area contributed by atoms with Crippen LogP contribution in [0.2, 0.25) is 0 Å². The maximum atomic E-state index is 12.5. The van der Waals surface area contributed by atoms with Crippen molar-refractivity contribution in [2.75, 3.05) is 7.05 Å². The van der Waals surface area contributed by atoms with Gasteiger partial charge in [-0.15, -0.1) is 11.3 Å². The van der Waals surface area contributed by atoms with Crippen molar-refractivity contribution < 1.29 is 8.42 Å². The first-order valence-corrected chi connectivity index (χ1v) is 9.07. The highest BCUT2D eigenvalue weighted by molar-refractivity contribution is 7.89. The van der Waals surface area contributed by atoms with Crippen LogP contribution in [0.4, 0.5) is 0 Å². The fraction of sp³-hybridized carbons (Fsp3) is 0.333. The summed E-state index contributed by atoms with van der Waals surface area (Å²) >= 11 is 1.54. The van der Waals surface area contributed by atoms with Gasteiger partial charge in [0.05, 0.1) is 4.90 Å². The number of thiophene rings is 1. The van der Waals surface area contributed by atoms with Crippen molar-refractivity contribution in [2.45, 2.75) is 31.8 Å². The molecule has 1 aromatic carbocycles. The van der Waals surface area contributed by atoms with Crippen LogP contribution in [0.5, 0.6) is 0 Å². The smallest absolute Gasteiger partial charge is 0.241 e. The summed E-state index contributed by atoms with van der Waals surface area (Å²) in [4.78, 5) is 1.36. The summed E-state index contributed by atoms with van der Waals surface area (Å²) in [5.41, 5.74) is 2.75. The number of hydrogen-bond donors (Lipinski definition) is 2. The van der Waals surface area contributed by atoms with Crippen LogP contribution in [-0.2, 0) is 23.1 Å². The van der Waals surface area contributed by atoms with Gasteiger partial charge in [0.15, 0.2) is 0 Å². The largest absolute Gasteiger partial charge is 0.316 e. The molecule has 4 nitrogen and oxygen atoms in total. The molecule has 2 aromatic rings. The lowest BCUT2D eigenvalue weighted by Crippen LogP contribution is -2.24. The van der Waals surface area contributed by atoms with Crippen molar-refractivity contribution in [1.82, 2.24) is 10.0 Å². The van der Waals surface area contributed by atoms with Gasteiger partial charge in [0.1, 0.15) is 0 Å². The third-order valence-electron chi connectivity index (χ3n) is 3.37. The molecule has 0 atom stereocenters. The number of aryl methyl sites for hydroxylation is 1. The molecule has 0 bridgehead atoms. The van der Waals surface area contributed by atoms with E-state index in [1.165, 1.54) is 0 Å². The molecule has 1 aromatic heterocycles. The van der Waals surface area contributed by atoms with E-state index >= 15 is 0 Å². The van der Waals surface area contributed by atoms with Gasteiger partial charge in [-0.05, 0) is 55.1 Å². The fourth-order valence-corrected chi connectivity index (χ4v) is 4.25. The minimum absolute atomic E-state index is 0.328. The summed E-state index contributed by atoms with van der Waals surface area (Å²) in [6.45, 7) is 4.76. The van der Waals surface area contributed by atoms with Crippen LogP contribution < -0.4 is 10.0 Å². The van der Waals surface area contributed by atoms with Gasteiger partial charge in [-0.1, -0.05) is 12.1 Å². The average Bonchev–Trinajstić information content (AvgIpc) is 2.94. The minimum atomic E-state index is -3.50. The first kappa shape index (κ1) is 16.2. The van der Waals surface area contributed by atoms with Gasteiger partial charge in [0, 0.05) is 18.0 Å². The van der Waals surface area contributed by atoms with Gasteiger partial charge in [-0.3, -0.25) is 0 Å². The Morgan fingerprint density at radius 3 is 2.57 bits per heavy atom. The van der Waals surface area contributed by atoms with E-state index in [-0.39, 0.29) is 0 Å². The number of hydrogen-bond acceptors (Lipinski definition) is 4. The van der Waals surface area contributed by atoms with Gasteiger partial charge in [0.25, 0.3) is 0 Å². The summed E-state index contributed by atoms with van der Waals surface area (Å²) in [5.74, 6) is 0. The standard InChI is InChI=1S/C15H20N2O2S2/c1-11-7-13(9-16-3)8-15(12(11)2)21(18,19)17-10-14-5-4-6-20-14/h4-8,16-17H,9-10H2,1-3H3. The lowest BCUT2D eigenvalue weighted by Gasteiger charge is -2.13. The lowest BCUT2D eigenvalue weighted by atomic mass is 10.1. The summed E-state index contributed by atoms with van der Waals surface area (Å²) in [6.07, 6.45) is 0. The molecular formula is C15H20N2O2S2.